The van der Waals surface area contributed by atoms with Crippen LogP contribution in [-0.4, -0.2) is 31.3 Å². The van der Waals surface area contributed by atoms with Gasteiger partial charge in [0.25, 0.3) is 0 Å². The van der Waals surface area contributed by atoms with E-state index in [0.29, 0.717) is 0 Å². The van der Waals surface area contributed by atoms with E-state index >= 15 is 0 Å². The number of aromatic hydroxyl groups is 5. The molecular formula is C20H20O6. The number of ketones is 1. The Balaban J connectivity index is 2.34. The predicted octanol–water partition coefficient (Wildman–Crippen LogP) is 3.62. The second-order valence-electron chi connectivity index (χ2n) is 6.04. The molecular weight excluding hydrogens is 336 g/mol. The van der Waals surface area contributed by atoms with Crippen LogP contribution in [0.2, 0.25) is 0 Å². The van der Waals surface area contributed by atoms with Gasteiger partial charge in [0, 0.05) is 17.2 Å². The van der Waals surface area contributed by atoms with E-state index in [1.54, 1.807) is 0 Å². The highest BCUT2D eigenvalue weighted by Crippen LogP contribution is 2.34. The molecule has 0 heterocycles. The normalized spacial score (nSPS) is 10.8. The van der Waals surface area contributed by atoms with Gasteiger partial charge in [0.2, 0.25) is 0 Å². The quantitative estimate of drug-likeness (QED) is 0.184. The van der Waals surface area contributed by atoms with Gasteiger partial charge in [-0.3, -0.25) is 4.79 Å². The number of phenolic OH excluding ortho intramolecular Hbond substituents is 5. The highest BCUT2D eigenvalue weighted by molar-refractivity contribution is 6.09. The molecule has 0 aromatic heterocycles. The Morgan fingerprint density at radius 2 is 1.58 bits per heavy atom. The first kappa shape index (κ1) is 18.9. The first-order chi connectivity index (χ1) is 12.2. The van der Waals surface area contributed by atoms with E-state index in [1.165, 1.54) is 18.2 Å². The van der Waals surface area contributed by atoms with Crippen molar-refractivity contribution >= 4 is 11.9 Å². The van der Waals surface area contributed by atoms with Crippen LogP contribution in [0.1, 0.15) is 35.3 Å². The summed E-state index contributed by atoms with van der Waals surface area (Å²) in [5.74, 6) is -2.20. The smallest absolute Gasteiger partial charge is 0.189 e. The van der Waals surface area contributed by atoms with E-state index in [2.05, 4.69) is 0 Å². The molecule has 0 saturated carbocycles. The predicted molar refractivity (Wildman–Crippen MR) is 97.7 cm³/mol. The molecule has 2 aromatic carbocycles. The zero-order valence-electron chi connectivity index (χ0n) is 14.4. The van der Waals surface area contributed by atoms with Crippen molar-refractivity contribution in [2.24, 2.45) is 0 Å². The maximum absolute atomic E-state index is 12.4. The molecule has 6 heteroatoms. The van der Waals surface area contributed by atoms with Crippen molar-refractivity contribution in [2.75, 3.05) is 0 Å². The van der Waals surface area contributed by atoms with Crippen LogP contribution in [0.5, 0.6) is 28.7 Å². The van der Waals surface area contributed by atoms with Crippen molar-refractivity contribution in [3.8, 4) is 28.7 Å². The summed E-state index contributed by atoms with van der Waals surface area (Å²) in [6.45, 7) is 3.76. The molecule has 6 nitrogen and oxygen atoms in total. The molecule has 0 aliphatic carbocycles. The summed E-state index contributed by atoms with van der Waals surface area (Å²) < 4.78 is 0. The van der Waals surface area contributed by atoms with Gasteiger partial charge in [-0.1, -0.05) is 11.6 Å². The van der Waals surface area contributed by atoms with Gasteiger partial charge in [-0.15, -0.1) is 0 Å². The zero-order valence-corrected chi connectivity index (χ0v) is 14.4. The highest BCUT2D eigenvalue weighted by atomic mass is 16.3. The van der Waals surface area contributed by atoms with Crippen LogP contribution >= 0.6 is 0 Å². The molecule has 2 aromatic rings. The number of phenols is 5. The molecule has 136 valence electrons. The van der Waals surface area contributed by atoms with Crippen LogP contribution in [0.3, 0.4) is 0 Å². The molecule has 0 unspecified atom stereocenters. The van der Waals surface area contributed by atoms with Crippen LogP contribution in [-0.2, 0) is 6.42 Å². The van der Waals surface area contributed by atoms with E-state index in [4.69, 9.17) is 0 Å². The van der Waals surface area contributed by atoms with Gasteiger partial charge in [-0.25, -0.2) is 0 Å². The van der Waals surface area contributed by atoms with Crippen molar-refractivity contribution in [1.82, 2.24) is 0 Å². The Hall–Kier alpha value is -3.41. The summed E-state index contributed by atoms with van der Waals surface area (Å²) in [4.78, 5) is 12.4. The van der Waals surface area contributed by atoms with Gasteiger partial charge in [0.05, 0.1) is 5.56 Å². The molecule has 0 fully saturated rings. The number of carbonyl (C=O) groups excluding carboxylic acids is 1. The van der Waals surface area contributed by atoms with Crippen molar-refractivity contribution in [1.29, 1.82) is 0 Å². The van der Waals surface area contributed by atoms with Crippen molar-refractivity contribution < 1.29 is 30.3 Å². The minimum Gasteiger partial charge on any atom is -0.508 e. The standard InChI is InChI=1S/C20H20O6/c1-11(2)3-5-13-16(22)8-6-14(20(13)26)15(21)7-4-12-9-18(24)19(25)10-17(12)23/h3-4,6-10,22-26H,5H2,1-2H3/b7-4+. The van der Waals surface area contributed by atoms with Crippen LogP contribution < -0.4 is 0 Å². The molecule has 0 aliphatic rings. The molecule has 26 heavy (non-hydrogen) atoms. The fourth-order valence-electron chi connectivity index (χ4n) is 2.30. The third kappa shape index (κ3) is 4.16. The van der Waals surface area contributed by atoms with Crippen LogP contribution in [0.4, 0.5) is 0 Å². The molecule has 0 spiro atoms. The number of hydrogen-bond acceptors (Lipinski definition) is 6. The van der Waals surface area contributed by atoms with E-state index in [-0.39, 0.29) is 40.4 Å². The molecule has 0 radical (unpaired) electrons. The summed E-state index contributed by atoms with van der Waals surface area (Å²) in [5.41, 5.74) is 1.37. The fourth-order valence-corrected chi connectivity index (χ4v) is 2.30. The number of hydrogen-bond donors (Lipinski definition) is 5. The SMILES string of the molecule is CC(C)=CCc1c(O)ccc(C(=O)/C=C/c2cc(O)c(O)cc2O)c1O. The number of benzene rings is 2. The summed E-state index contributed by atoms with van der Waals surface area (Å²) in [5, 5.41) is 48.7. The third-order valence-corrected chi connectivity index (χ3v) is 3.78. The second kappa shape index (κ2) is 7.65. The maximum atomic E-state index is 12.4. The number of carbonyl (C=O) groups is 1. The Morgan fingerprint density at radius 3 is 2.23 bits per heavy atom. The largest absolute Gasteiger partial charge is 0.508 e. The first-order valence-corrected chi connectivity index (χ1v) is 7.85. The minimum absolute atomic E-state index is 0.00121. The average Bonchev–Trinajstić information content (AvgIpc) is 2.56. The summed E-state index contributed by atoms with van der Waals surface area (Å²) >= 11 is 0. The van der Waals surface area contributed by atoms with E-state index in [0.717, 1.165) is 23.8 Å². The Kier molecular flexibility index (Phi) is 5.57. The van der Waals surface area contributed by atoms with Gasteiger partial charge < -0.3 is 25.5 Å². The summed E-state index contributed by atoms with van der Waals surface area (Å²) in [7, 11) is 0. The summed E-state index contributed by atoms with van der Waals surface area (Å²) in [6.07, 6.45) is 4.45. The van der Waals surface area contributed by atoms with Gasteiger partial charge in [-0.2, -0.15) is 0 Å². The topological polar surface area (TPSA) is 118 Å². The Morgan fingerprint density at radius 1 is 0.923 bits per heavy atom. The first-order valence-electron chi connectivity index (χ1n) is 7.85. The van der Waals surface area contributed by atoms with Crippen LogP contribution in [0.15, 0.2) is 42.0 Å². The molecule has 5 N–H and O–H groups in total. The van der Waals surface area contributed by atoms with Crippen molar-refractivity contribution in [3.63, 3.8) is 0 Å². The average molecular weight is 356 g/mol. The van der Waals surface area contributed by atoms with Crippen LogP contribution in [0.25, 0.3) is 6.08 Å². The molecule has 0 amide bonds. The fraction of sp³-hybridized carbons (Fsp3) is 0.150. The molecule has 0 atom stereocenters. The van der Waals surface area contributed by atoms with E-state index in [1.807, 2.05) is 19.9 Å². The molecule has 2 rings (SSSR count). The molecule has 0 aliphatic heterocycles. The third-order valence-electron chi connectivity index (χ3n) is 3.78. The lowest BCUT2D eigenvalue weighted by Gasteiger charge is -2.09. The lowest BCUT2D eigenvalue weighted by atomic mass is 10.0. The molecule has 0 saturated heterocycles. The van der Waals surface area contributed by atoms with E-state index in [9.17, 15) is 30.3 Å². The minimum atomic E-state index is -0.548. The lowest BCUT2D eigenvalue weighted by Crippen LogP contribution is -1.98. The maximum Gasteiger partial charge on any atom is 0.189 e. The second-order valence-corrected chi connectivity index (χ2v) is 6.04. The summed E-state index contributed by atoms with van der Waals surface area (Å²) in [6, 6.07) is 4.69. The van der Waals surface area contributed by atoms with Crippen molar-refractivity contribution in [3.05, 3.63) is 58.7 Å². The number of allylic oxidation sites excluding steroid dienone is 3. The zero-order chi connectivity index (χ0) is 19.4. The molecule has 0 bridgehead atoms. The van der Waals surface area contributed by atoms with Gasteiger partial charge >= 0.3 is 0 Å². The monoisotopic (exact) mass is 356 g/mol. The van der Waals surface area contributed by atoms with E-state index < -0.39 is 17.3 Å². The lowest BCUT2D eigenvalue weighted by molar-refractivity contribution is 0.104. The van der Waals surface area contributed by atoms with Crippen molar-refractivity contribution in [2.45, 2.75) is 20.3 Å². The Labute approximate surface area is 150 Å². The Bertz CT molecular complexity index is 905. The van der Waals surface area contributed by atoms with Crippen LogP contribution in [0, 0.1) is 0 Å². The number of rotatable bonds is 5. The highest BCUT2D eigenvalue weighted by Gasteiger charge is 2.15. The van der Waals surface area contributed by atoms with Gasteiger partial charge in [-0.05, 0) is 50.6 Å². The van der Waals surface area contributed by atoms with Gasteiger partial charge in [0.1, 0.15) is 17.2 Å². The van der Waals surface area contributed by atoms with Gasteiger partial charge in [0.15, 0.2) is 17.3 Å².